The van der Waals surface area contributed by atoms with Crippen LogP contribution in [0.3, 0.4) is 0 Å². The summed E-state index contributed by atoms with van der Waals surface area (Å²) in [5.41, 5.74) is 1.29. The van der Waals surface area contributed by atoms with Crippen LogP contribution in [-0.4, -0.2) is 11.1 Å². The Morgan fingerprint density at radius 1 is 1.58 bits per heavy atom. The van der Waals surface area contributed by atoms with Gasteiger partial charge in [0.25, 0.3) is 0 Å². The molecule has 1 aliphatic carbocycles. The van der Waals surface area contributed by atoms with E-state index in [0.29, 0.717) is 0 Å². The van der Waals surface area contributed by atoms with Gasteiger partial charge in [0.1, 0.15) is 0 Å². The van der Waals surface area contributed by atoms with Gasteiger partial charge in [-0.1, -0.05) is 23.8 Å². The van der Waals surface area contributed by atoms with Crippen LogP contribution in [0, 0.1) is 0 Å². The van der Waals surface area contributed by atoms with Crippen molar-refractivity contribution in [2.24, 2.45) is 0 Å². The van der Waals surface area contributed by atoms with Gasteiger partial charge in [0.15, 0.2) is 0 Å². The highest BCUT2D eigenvalue weighted by Crippen LogP contribution is 2.18. The van der Waals surface area contributed by atoms with Crippen LogP contribution in [0.4, 0.5) is 0 Å². The quantitative estimate of drug-likeness (QED) is 0.699. The minimum Gasteiger partial charge on any atom is -0.481 e. The molecule has 1 aliphatic rings. The van der Waals surface area contributed by atoms with Crippen LogP contribution in [0.2, 0.25) is 0 Å². The molecule has 1 rings (SSSR count). The second kappa shape index (κ2) is 4.75. The number of carboxylic acids is 1. The van der Waals surface area contributed by atoms with Crippen molar-refractivity contribution >= 4 is 5.97 Å². The summed E-state index contributed by atoms with van der Waals surface area (Å²) in [4.78, 5) is 10.2. The van der Waals surface area contributed by atoms with E-state index in [0.717, 1.165) is 12.8 Å². The minimum absolute atomic E-state index is 0.136. The van der Waals surface area contributed by atoms with Crippen LogP contribution < -0.4 is 0 Å². The highest BCUT2D eigenvalue weighted by Gasteiger charge is 1.99. The summed E-state index contributed by atoms with van der Waals surface area (Å²) in [5.74, 6) is -0.761. The topological polar surface area (TPSA) is 37.3 Å². The van der Waals surface area contributed by atoms with Gasteiger partial charge in [0.2, 0.25) is 0 Å². The van der Waals surface area contributed by atoms with Gasteiger partial charge in [-0.05, 0) is 25.7 Å². The summed E-state index contributed by atoms with van der Waals surface area (Å²) < 4.78 is 0. The zero-order valence-corrected chi connectivity index (χ0v) is 7.12. The van der Waals surface area contributed by atoms with Gasteiger partial charge in [0, 0.05) is 0 Å². The highest BCUT2D eigenvalue weighted by atomic mass is 16.4. The van der Waals surface area contributed by atoms with E-state index < -0.39 is 5.97 Å². The Kier molecular flexibility index (Phi) is 3.58. The van der Waals surface area contributed by atoms with E-state index in [1.807, 2.05) is 6.08 Å². The normalized spacial score (nSPS) is 17.8. The Labute approximate surface area is 72.6 Å². The number of aliphatic carboxylic acids is 1. The lowest BCUT2D eigenvalue weighted by Gasteiger charge is -2.07. The number of hydrogen-bond donors (Lipinski definition) is 1. The second-order valence-corrected chi connectivity index (χ2v) is 3.03. The van der Waals surface area contributed by atoms with E-state index in [9.17, 15) is 4.79 Å². The fourth-order valence-electron chi connectivity index (χ4n) is 1.33. The molecule has 0 bridgehead atoms. The Bertz CT molecular complexity index is 214. The van der Waals surface area contributed by atoms with Crippen LogP contribution in [-0.2, 0) is 4.79 Å². The third-order valence-corrected chi connectivity index (χ3v) is 1.95. The lowest BCUT2D eigenvalue weighted by Crippen LogP contribution is -1.91. The van der Waals surface area contributed by atoms with Crippen molar-refractivity contribution in [1.82, 2.24) is 0 Å². The molecule has 0 unspecified atom stereocenters. The number of carbonyl (C=O) groups is 1. The van der Waals surface area contributed by atoms with Crippen molar-refractivity contribution in [3.05, 3.63) is 23.8 Å². The maximum absolute atomic E-state index is 10.2. The Morgan fingerprint density at radius 2 is 2.42 bits per heavy atom. The molecule has 0 atom stereocenters. The smallest absolute Gasteiger partial charge is 0.307 e. The average Bonchev–Trinajstić information content (AvgIpc) is 2.05. The van der Waals surface area contributed by atoms with Crippen molar-refractivity contribution in [1.29, 1.82) is 0 Å². The van der Waals surface area contributed by atoms with Crippen LogP contribution in [0.15, 0.2) is 23.8 Å². The standard InChI is InChI=1S/C10H14O2/c11-10(12)8-4-7-9-5-2-1-3-6-9/h4-5,7H,1-3,6,8H2,(H,11,12)/b7-4+. The third kappa shape index (κ3) is 3.37. The lowest BCUT2D eigenvalue weighted by atomic mass is 9.99. The third-order valence-electron chi connectivity index (χ3n) is 1.95. The molecule has 0 fully saturated rings. The predicted octanol–water partition coefficient (Wildman–Crippen LogP) is 2.52. The van der Waals surface area contributed by atoms with Gasteiger partial charge >= 0.3 is 5.97 Å². The molecule has 0 spiro atoms. The van der Waals surface area contributed by atoms with Gasteiger partial charge in [-0.3, -0.25) is 4.79 Å². The maximum atomic E-state index is 10.2. The van der Waals surface area contributed by atoms with E-state index in [1.54, 1.807) is 6.08 Å². The monoisotopic (exact) mass is 166 g/mol. The predicted molar refractivity (Wildman–Crippen MR) is 47.9 cm³/mol. The number of hydrogen-bond acceptors (Lipinski definition) is 1. The highest BCUT2D eigenvalue weighted by molar-refractivity contribution is 5.68. The second-order valence-electron chi connectivity index (χ2n) is 3.03. The summed E-state index contributed by atoms with van der Waals surface area (Å²) in [6, 6.07) is 0. The Balaban J connectivity index is 2.33. The van der Waals surface area contributed by atoms with Crippen molar-refractivity contribution in [2.75, 3.05) is 0 Å². The minimum atomic E-state index is -0.761. The van der Waals surface area contributed by atoms with Gasteiger partial charge in [-0.25, -0.2) is 0 Å². The van der Waals surface area contributed by atoms with Gasteiger partial charge < -0.3 is 5.11 Å². The number of carboxylic acid groups (broad SMARTS) is 1. The van der Waals surface area contributed by atoms with Crippen molar-refractivity contribution in [2.45, 2.75) is 32.1 Å². The van der Waals surface area contributed by atoms with Crippen LogP contribution in [0.1, 0.15) is 32.1 Å². The molecule has 0 radical (unpaired) electrons. The Hall–Kier alpha value is -1.05. The number of allylic oxidation sites excluding steroid dienone is 3. The van der Waals surface area contributed by atoms with Crippen LogP contribution >= 0.6 is 0 Å². The molecule has 2 nitrogen and oxygen atoms in total. The molecule has 66 valence electrons. The van der Waals surface area contributed by atoms with Gasteiger partial charge in [-0.2, -0.15) is 0 Å². The molecule has 0 saturated heterocycles. The first-order chi connectivity index (χ1) is 5.79. The van der Waals surface area contributed by atoms with Crippen molar-refractivity contribution in [3.8, 4) is 0 Å². The largest absolute Gasteiger partial charge is 0.481 e. The first-order valence-corrected chi connectivity index (χ1v) is 4.36. The molecule has 1 N–H and O–H groups in total. The molecular formula is C10H14O2. The molecule has 0 aliphatic heterocycles. The summed E-state index contributed by atoms with van der Waals surface area (Å²) >= 11 is 0. The first-order valence-electron chi connectivity index (χ1n) is 4.36. The van der Waals surface area contributed by atoms with Crippen LogP contribution in [0.25, 0.3) is 0 Å². The van der Waals surface area contributed by atoms with Crippen molar-refractivity contribution in [3.63, 3.8) is 0 Å². The van der Waals surface area contributed by atoms with E-state index in [4.69, 9.17) is 5.11 Å². The number of rotatable bonds is 3. The summed E-state index contributed by atoms with van der Waals surface area (Å²) in [7, 11) is 0. The van der Waals surface area contributed by atoms with Gasteiger partial charge in [-0.15, -0.1) is 0 Å². The fraction of sp³-hybridized carbons (Fsp3) is 0.500. The maximum Gasteiger partial charge on any atom is 0.307 e. The molecule has 2 heteroatoms. The van der Waals surface area contributed by atoms with E-state index in [1.165, 1.54) is 18.4 Å². The zero-order valence-electron chi connectivity index (χ0n) is 7.12. The molecule has 0 heterocycles. The fourth-order valence-corrected chi connectivity index (χ4v) is 1.33. The van der Waals surface area contributed by atoms with Crippen molar-refractivity contribution < 1.29 is 9.90 Å². The SMILES string of the molecule is O=C(O)C/C=C/C1=CCCCC1. The zero-order chi connectivity index (χ0) is 8.81. The van der Waals surface area contributed by atoms with E-state index >= 15 is 0 Å². The Morgan fingerprint density at radius 3 is 3.00 bits per heavy atom. The molecule has 12 heavy (non-hydrogen) atoms. The van der Waals surface area contributed by atoms with Crippen LogP contribution in [0.5, 0.6) is 0 Å². The summed E-state index contributed by atoms with van der Waals surface area (Å²) in [5, 5.41) is 8.37. The molecular weight excluding hydrogens is 152 g/mol. The molecule has 0 saturated carbocycles. The molecule has 0 amide bonds. The van der Waals surface area contributed by atoms with E-state index in [2.05, 4.69) is 6.08 Å². The first kappa shape index (κ1) is 9.04. The summed E-state index contributed by atoms with van der Waals surface area (Å²) in [6.07, 6.45) is 10.8. The average molecular weight is 166 g/mol. The molecule has 0 aromatic carbocycles. The lowest BCUT2D eigenvalue weighted by molar-refractivity contribution is -0.135. The molecule has 0 aromatic heterocycles. The van der Waals surface area contributed by atoms with E-state index in [-0.39, 0.29) is 6.42 Å². The van der Waals surface area contributed by atoms with Gasteiger partial charge in [0.05, 0.1) is 6.42 Å². The summed E-state index contributed by atoms with van der Waals surface area (Å²) in [6.45, 7) is 0. The molecule has 0 aromatic rings.